The number of nitrogen functional groups attached to an aromatic ring is 1. The highest BCUT2D eigenvalue weighted by Crippen LogP contribution is 2.25. The van der Waals surface area contributed by atoms with Crippen molar-refractivity contribution in [2.45, 2.75) is 24.2 Å². The summed E-state index contributed by atoms with van der Waals surface area (Å²) in [5.41, 5.74) is 7.26. The number of halogens is 1. The molecular formula is C16H18ClNO2S. The van der Waals surface area contributed by atoms with E-state index in [1.165, 1.54) is 17.7 Å². The molecule has 0 radical (unpaired) electrons. The van der Waals surface area contributed by atoms with Crippen molar-refractivity contribution in [1.29, 1.82) is 0 Å². The van der Waals surface area contributed by atoms with Gasteiger partial charge < -0.3 is 5.73 Å². The predicted molar refractivity (Wildman–Crippen MR) is 87.3 cm³/mol. The smallest absolute Gasteiger partial charge is 0.179 e. The van der Waals surface area contributed by atoms with Gasteiger partial charge in [0.1, 0.15) is 0 Å². The normalized spacial score (nSPS) is 11.5. The molecule has 0 aliphatic heterocycles. The zero-order valence-corrected chi connectivity index (χ0v) is 13.2. The van der Waals surface area contributed by atoms with Crippen LogP contribution in [0.1, 0.15) is 18.4 Å². The number of hydrogen-bond donors (Lipinski definition) is 1. The quantitative estimate of drug-likeness (QED) is 0.651. The Bertz CT molecular complexity index is 699. The minimum atomic E-state index is -3.35. The number of unbranched alkanes of at least 4 members (excludes halogenated alkanes) is 1. The summed E-state index contributed by atoms with van der Waals surface area (Å²) in [7, 11) is -3.35. The van der Waals surface area contributed by atoms with Crippen LogP contribution in [0.2, 0.25) is 5.02 Å². The number of rotatable bonds is 6. The molecule has 2 N–H and O–H groups in total. The minimum absolute atomic E-state index is 0.101. The number of anilines is 1. The van der Waals surface area contributed by atoms with Crippen molar-refractivity contribution in [3.05, 3.63) is 59.1 Å². The summed E-state index contributed by atoms with van der Waals surface area (Å²) in [5, 5.41) is 0.193. The summed E-state index contributed by atoms with van der Waals surface area (Å²) in [6, 6.07) is 14.5. The lowest BCUT2D eigenvalue weighted by Crippen LogP contribution is -2.08. The summed E-state index contributed by atoms with van der Waals surface area (Å²) in [6.45, 7) is 0. The van der Waals surface area contributed by atoms with E-state index in [1.54, 1.807) is 6.07 Å². The lowest BCUT2D eigenvalue weighted by Gasteiger charge is -2.07. The average Bonchev–Trinajstić information content (AvgIpc) is 2.44. The molecule has 3 nitrogen and oxygen atoms in total. The molecule has 0 amide bonds. The van der Waals surface area contributed by atoms with Crippen molar-refractivity contribution >= 4 is 27.1 Å². The first-order valence-electron chi connectivity index (χ1n) is 6.81. The molecule has 0 unspecified atom stereocenters. The molecule has 0 fully saturated rings. The Kier molecular flexibility index (Phi) is 5.26. The fourth-order valence-electron chi connectivity index (χ4n) is 2.15. The van der Waals surface area contributed by atoms with Crippen LogP contribution in [0.25, 0.3) is 0 Å². The summed E-state index contributed by atoms with van der Waals surface area (Å²) in [4.78, 5) is 0.165. The number of nitrogens with two attached hydrogens (primary N) is 1. The molecule has 0 bridgehead atoms. The zero-order valence-electron chi connectivity index (χ0n) is 11.6. The predicted octanol–water partition coefficient (Wildman–Crippen LogP) is 3.72. The summed E-state index contributed by atoms with van der Waals surface area (Å²) in [6.07, 6.45) is 2.32. The van der Waals surface area contributed by atoms with Crippen molar-refractivity contribution in [3.63, 3.8) is 0 Å². The molecule has 2 aromatic carbocycles. The molecule has 2 aromatic rings. The van der Waals surface area contributed by atoms with E-state index >= 15 is 0 Å². The molecule has 2 rings (SSSR count). The van der Waals surface area contributed by atoms with E-state index in [4.69, 9.17) is 17.3 Å². The van der Waals surface area contributed by atoms with Gasteiger partial charge in [0.15, 0.2) is 9.84 Å². The lowest BCUT2D eigenvalue weighted by molar-refractivity contribution is 0.591. The monoisotopic (exact) mass is 323 g/mol. The van der Waals surface area contributed by atoms with Crippen molar-refractivity contribution in [2.24, 2.45) is 0 Å². The third kappa shape index (κ3) is 4.48. The van der Waals surface area contributed by atoms with Gasteiger partial charge in [-0.25, -0.2) is 8.42 Å². The first-order chi connectivity index (χ1) is 9.99. The SMILES string of the molecule is Nc1ccc(S(=O)(=O)CCCCc2ccccc2)c(Cl)c1. The van der Waals surface area contributed by atoms with Gasteiger partial charge in [-0.05, 0) is 43.0 Å². The summed E-state index contributed by atoms with van der Waals surface area (Å²) < 4.78 is 24.5. The lowest BCUT2D eigenvalue weighted by atomic mass is 10.1. The largest absolute Gasteiger partial charge is 0.399 e. The molecule has 0 heterocycles. The van der Waals surface area contributed by atoms with E-state index in [-0.39, 0.29) is 15.7 Å². The molecule has 0 spiro atoms. The highest BCUT2D eigenvalue weighted by Gasteiger charge is 2.17. The second-order valence-corrected chi connectivity index (χ2v) is 7.44. The van der Waals surface area contributed by atoms with Crippen LogP contribution < -0.4 is 5.73 Å². The first-order valence-corrected chi connectivity index (χ1v) is 8.84. The molecule has 21 heavy (non-hydrogen) atoms. The van der Waals surface area contributed by atoms with Gasteiger partial charge >= 0.3 is 0 Å². The van der Waals surface area contributed by atoms with Crippen molar-refractivity contribution < 1.29 is 8.42 Å². The third-order valence-corrected chi connectivity index (χ3v) is 5.54. The maximum absolute atomic E-state index is 12.3. The van der Waals surface area contributed by atoms with Crippen LogP contribution in [0.4, 0.5) is 5.69 Å². The van der Waals surface area contributed by atoms with Crippen LogP contribution in [-0.2, 0) is 16.3 Å². The molecule has 0 saturated heterocycles. The van der Waals surface area contributed by atoms with Gasteiger partial charge in [-0.2, -0.15) is 0 Å². The minimum Gasteiger partial charge on any atom is -0.399 e. The van der Waals surface area contributed by atoms with E-state index < -0.39 is 9.84 Å². The maximum Gasteiger partial charge on any atom is 0.179 e. The number of aryl methyl sites for hydroxylation is 1. The van der Waals surface area contributed by atoms with Crippen LogP contribution in [0.15, 0.2) is 53.4 Å². The number of hydrogen-bond acceptors (Lipinski definition) is 3. The fraction of sp³-hybridized carbons (Fsp3) is 0.250. The standard InChI is InChI=1S/C16H18ClNO2S/c17-15-12-14(18)9-10-16(15)21(19,20)11-5-4-8-13-6-2-1-3-7-13/h1-3,6-7,9-10,12H,4-5,8,11,18H2. The van der Waals surface area contributed by atoms with Gasteiger partial charge in [-0.1, -0.05) is 41.9 Å². The van der Waals surface area contributed by atoms with E-state index in [1.807, 2.05) is 30.3 Å². The molecule has 0 aromatic heterocycles. The summed E-state index contributed by atoms with van der Waals surface area (Å²) in [5.74, 6) is 0.101. The molecule has 0 aliphatic carbocycles. The van der Waals surface area contributed by atoms with Gasteiger partial charge in [0.25, 0.3) is 0 Å². The van der Waals surface area contributed by atoms with E-state index in [0.29, 0.717) is 12.1 Å². The molecule has 0 saturated carbocycles. The first kappa shape index (κ1) is 15.9. The van der Waals surface area contributed by atoms with Crippen LogP contribution >= 0.6 is 11.6 Å². The van der Waals surface area contributed by atoms with Gasteiger partial charge in [0, 0.05) is 5.69 Å². The fourth-order valence-corrected chi connectivity index (χ4v) is 4.12. The van der Waals surface area contributed by atoms with Crippen LogP contribution in [0.5, 0.6) is 0 Å². The maximum atomic E-state index is 12.3. The third-order valence-electron chi connectivity index (χ3n) is 3.26. The topological polar surface area (TPSA) is 60.2 Å². The Labute approximate surface area is 130 Å². The van der Waals surface area contributed by atoms with Gasteiger partial charge in [-0.3, -0.25) is 0 Å². The molecular weight excluding hydrogens is 306 g/mol. The Hall–Kier alpha value is -1.52. The van der Waals surface area contributed by atoms with Gasteiger partial charge in [0.2, 0.25) is 0 Å². The van der Waals surface area contributed by atoms with Gasteiger partial charge in [-0.15, -0.1) is 0 Å². The summed E-state index contributed by atoms with van der Waals surface area (Å²) >= 11 is 5.96. The van der Waals surface area contributed by atoms with Crippen molar-refractivity contribution in [2.75, 3.05) is 11.5 Å². The number of sulfone groups is 1. The molecule has 112 valence electrons. The molecule has 0 atom stereocenters. The molecule has 5 heteroatoms. The van der Waals surface area contributed by atoms with E-state index in [2.05, 4.69) is 0 Å². The Morgan fingerprint density at radius 1 is 1.00 bits per heavy atom. The zero-order chi connectivity index (χ0) is 15.3. The van der Waals surface area contributed by atoms with Crippen molar-refractivity contribution in [1.82, 2.24) is 0 Å². The van der Waals surface area contributed by atoms with Crippen molar-refractivity contribution in [3.8, 4) is 0 Å². The highest BCUT2D eigenvalue weighted by atomic mass is 35.5. The highest BCUT2D eigenvalue weighted by molar-refractivity contribution is 7.91. The van der Waals surface area contributed by atoms with Crippen LogP contribution in [0.3, 0.4) is 0 Å². The molecule has 0 aliphatic rings. The second kappa shape index (κ2) is 6.96. The van der Waals surface area contributed by atoms with Crippen LogP contribution in [-0.4, -0.2) is 14.2 Å². The second-order valence-electron chi connectivity index (χ2n) is 4.95. The Morgan fingerprint density at radius 3 is 2.38 bits per heavy atom. The van der Waals surface area contributed by atoms with Crippen LogP contribution in [0, 0.1) is 0 Å². The Morgan fingerprint density at radius 2 is 1.71 bits per heavy atom. The van der Waals surface area contributed by atoms with E-state index in [9.17, 15) is 8.42 Å². The average molecular weight is 324 g/mol. The van der Waals surface area contributed by atoms with E-state index in [0.717, 1.165) is 12.8 Å². The van der Waals surface area contributed by atoms with Gasteiger partial charge in [0.05, 0.1) is 15.7 Å². The number of benzene rings is 2. The Balaban J connectivity index is 1.92.